The molecule has 1 aromatic heterocycles. The van der Waals surface area contributed by atoms with Crippen LogP contribution in [0.4, 0.5) is 0 Å². The molecule has 0 aromatic carbocycles. The SMILES string of the molecule is CNC(c1ccoc1C)C1CC1. The molecule has 0 aliphatic heterocycles. The third-order valence-corrected chi connectivity index (χ3v) is 2.64. The van der Waals surface area contributed by atoms with Crippen molar-refractivity contribution < 1.29 is 4.42 Å². The van der Waals surface area contributed by atoms with Crippen molar-refractivity contribution in [2.24, 2.45) is 5.92 Å². The number of hydrogen-bond donors (Lipinski definition) is 1. The van der Waals surface area contributed by atoms with Crippen LogP contribution < -0.4 is 5.32 Å². The molecule has 2 heteroatoms. The Kier molecular flexibility index (Phi) is 1.93. The predicted octanol–water partition coefficient (Wildman–Crippen LogP) is 2.26. The molecule has 1 aliphatic carbocycles. The number of hydrogen-bond acceptors (Lipinski definition) is 2. The van der Waals surface area contributed by atoms with E-state index in [-0.39, 0.29) is 0 Å². The fourth-order valence-corrected chi connectivity index (χ4v) is 1.79. The molecule has 12 heavy (non-hydrogen) atoms. The zero-order valence-corrected chi connectivity index (χ0v) is 7.63. The zero-order valence-electron chi connectivity index (χ0n) is 7.63. The number of aryl methyl sites for hydroxylation is 1. The Bertz CT molecular complexity index is 263. The van der Waals surface area contributed by atoms with E-state index in [1.54, 1.807) is 6.26 Å². The summed E-state index contributed by atoms with van der Waals surface area (Å²) in [4.78, 5) is 0. The first-order chi connectivity index (χ1) is 5.83. The summed E-state index contributed by atoms with van der Waals surface area (Å²) in [6.07, 6.45) is 4.49. The van der Waals surface area contributed by atoms with Gasteiger partial charge in [0, 0.05) is 11.6 Å². The van der Waals surface area contributed by atoms with Gasteiger partial charge in [-0.2, -0.15) is 0 Å². The van der Waals surface area contributed by atoms with Crippen molar-refractivity contribution in [1.29, 1.82) is 0 Å². The average molecular weight is 165 g/mol. The molecule has 1 fully saturated rings. The van der Waals surface area contributed by atoms with Crippen LogP contribution in [0.3, 0.4) is 0 Å². The second-order valence-electron chi connectivity index (χ2n) is 3.54. The summed E-state index contributed by atoms with van der Waals surface area (Å²) < 4.78 is 5.29. The second-order valence-corrected chi connectivity index (χ2v) is 3.54. The summed E-state index contributed by atoms with van der Waals surface area (Å²) in [5.41, 5.74) is 1.33. The Morgan fingerprint density at radius 2 is 2.33 bits per heavy atom. The Balaban J connectivity index is 2.20. The molecular weight excluding hydrogens is 150 g/mol. The Hall–Kier alpha value is -0.760. The van der Waals surface area contributed by atoms with Gasteiger partial charge in [-0.15, -0.1) is 0 Å². The van der Waals surface area contributed by atoms with Crippen molar-refractivity contribution in [1.82, 2.24) is 5.32 Å². The first-order valence-electron chi connectivity index (χ1n) is 4.54. The highest BCUT2D eigenvalue weighted by Crippen LogP contribution is 2.41. The highest BCUT2D eigenvalue weighted by atomic mass is 16.3. The molecule has 0 saturated heterocycles. The average Bonchev–Trinajstić information content (AvgIpc) is 2.80. The van der Waals surface area contributed by atoms with Gasteiger partial charge in [-0.05, 0) is 38.8 Å². The lowest BCUT2D eigenvalue weighted by Gasteiger charge is -2.13. The van der Waals surface area contributed by atoms with Gasteiger partial charge in [-0.25, -0.2) is 0 Å². The van der Waals surface area contributed by atoms with Crippen molar-refractivity contribution in [3.8, 4) is 0 Å². The summed E-state index contributed by atoms with van der Waals surface area (Å²) in [5, 5.41) is 3.35. The standard InChI is InChI=1S/C10H15NO/c1-7-9(5-6-12-7)10(11-2)8-3-4-8/h5-6,8,10-11H,3-4H2,1-2H3. The molecule has 1 atom stereocenters. The molecule has 2 nitrogen and oxygen atoms in total. The molecule has 1 aromatic rings. The van der Waals surface area contributed by atoms with Crippen molar-refractivity contribution in [2.75, 3.05) is 7.05 Å². The highest BCUT2D eigenvalue weighted by molar-refractivity contribution is 5.22. The molecule has 0 radical (unpaired) electrons. The molecule has 1 heterocycles. The first kappa shape index (κ1) is 7.87. The fraction of sp³-hybridized carbons (Fsp3) is 0.600. The second kappa shape index (κ2) is 2.94. The Labute approximate surface area is 73.0 Å². The maximum absolute atomic E-state index is 5.29. The van der Waals surface area contributed by atoms with E-state index in [4.69, 9.17) is 4.42 Å². The van der Waals surface area contributed by atoms with Gasteiger partial charge < -0.3 is 9.73 Å². The summed E-state index contributed by atoms with van der Waals surface area (Å²) in [5.74, 6) is 1.90. The van der Waals surface area contributed by atoms with E-state index in [9.17, 15) is 0 Å². The summed E-state index contributed by atoms with van der Waals surface area (Å²) >= 11 is 0. The van der Waals surface area contributed by atoms with Crippen LogP contribution in [-0.4, -0.2) is 7.05 Å². The molecule has 1 saturated carbocycles. The smallest absolute Gasteiger partial charge is 0.105 e. The van der Waals surface area contributed by atoms with Gasteiger partial charge in [-0.3, -0.25) is 0 Å². The summed E-state index contributed by atoms with van der Waals surface area (Å²) in [6, 6.07) is 2.60. The zero-order chi connectivity index (χ0) is 8.55. The number of rotatable bonds is 3. The molecule has 0 bridgehead atoms. The fourth-order valence-electron chi connectivity index (χ4n) is 1.79. The minimum Gasteiger partial charge on any atom is -0.469 e. The van der Waals surface area contributed by atoms with Gasteiger partial charge in [0.1, 0.15) is 5.76 Å². The van der Waals surface area contributed by atoms with Crippen molar-refractivity contribution in [3.63, 3.8) is 0 Å². The lowest BCUT2D eigenvalue weighted by molar-refractivity contribution is 0.491. The van der Waals surface area contributed by atoms with Gasteiger partial charge in [0.15, 0.2) is 0 Å². The van der Waals surface area contributed by atoms with Gasteiger partial charge in [-0.1, -0.05) is 0 Å². The van der Waals surface area contributed by atoms with E-state index in [0.29, 0.717) is 6.04 Å². The van der Waals surface area contributed by atoms with Crippen LogP contribution >= 0.6 is 0 Å². The van der Waals surface area contributed by atoms with Crippen LogP contribution in [0, 0.1) is 12.8 Å². The highest BCUT2D eigenvalue weighted by Gasteiger charge is 2.32. The Morgan fingerprint density at radius 3 is 2.75 bits per heavy atom. The van der Waals surface area contributed by atoms with Crippen molar-refractivity contribution in [2.45, 2.75) is 25.8 Å². The third-order valence-electron chi connectivity index (χ3n) is 2.64. The van der Waals surface area contributed by atoms with Crippen LogP contribution in [0.25, 0.3) is 0 Å². The van der Waals surface area contributed by atoms with Crippen LogP contribution in [0.5, 0.6) is 0 Å². The molecule has 2 rings (SSSR count). The van der Waals surface area contributed by atoms with Crippen molar-refractivity contribution >= 4 is 0 Å². The summed E-state index contributed by atoms with van der Waals surface area (Å²) in [7, 11) is 2.02. The maximum atomic E-state index is 5.29. The molecular formula is C10H15NO. The molecule has 66 valence electrons. The van der Waals surface area contributed by atoms with Gasteiger partial charge in [0.05, 0.1) is 6.26 Å². The molecule has 1 aliphatic rings. The molecule has 0 spiro atoms. The van der Waals surface area contributed by atoms with Crippen molar-refractivity contribution in [3.05, 3.63) is 23.7 Å². The lowest BCUT2D eigenvalue weighted by Crippen LogP contribution is -2.18. The van der Waals surface area contributed by atoms with E-state index >= 15 is 0 Å². The topological polar surface area (TPSA) is 25.2 Å². The molecule has 1 unspecified atom stereocenters. The van der Waals surface area contributed by atoms with Crippen LogP contribution in [0.1, 0.15) is 30.2 Å². The van der Waals surface area contributed by atoms with Crippen LogP contribution in [0.2, 0.25) is 0 Å². The van der Waals surface area contributed by atoms with E-state index < -0.39 is 0 Å². The van der Waals surface area contributed by atoms with Gasteiger partial charge in [0.25, 0.3) is 0 Å². The van der Waals surface area contributed by atoms with E-state index in [2.05, 4.69) is 11.4 Å². The van der Waals surface area contributed by atoms with E-state index in [0.717, 1.165) is 11.7 Å². The minimum atomic E-state index is 0.517. The van der Waals surface area contributed by atoms with E-state index in [1.807, 2.05) is 14.0 Å². The van der Waals surface area contributed by atoms with Gasteiger partial charge >= 0.3 is 0 Å². The summed E-state index contributed by atoms with van der Waals surface area (Å²) in [6.45, 7) is 2.03. The lowest BCUT2D eigenvalue weighted by atomic mass is 10.0. The number of furan rings is 1. The van der Waals surface area contributed by atoms with Crippen LogP contribution in [0.15, 0.2) is 16.7 Å². The predicted molar refractivity (Wildman–Crippen MR) is 48.0 cm³/mol. The number of nitrogens with one attached hydrogen (secondary N) is 1. The van der Waals surface area contributed by atoms with E-state index in [1.165, 1.54) is 18.4 Å². The first-order valence-corrected chi connectivity index (χ1v) is 4.54. The third kappa shape index (κ3) is 1.27. The minimum absolute atomic E-state index is 0.517. The normalized spacial score (nSPS) is 19.5. The maximum Gasteiger partial charge on any atom is 0.105 e. The molecule has 1 N–H and O–H groups in total. The van der Waals surface area contributed by atoms with Crippen LogP contribution in [-0.2, 0) is 0 Å². The largest absolute Gasteiger partial charge is 0.469 e. The monoisotopic (exact) mass is 165 g/mol. The van der Waals surface area contributed by atoms with Gasteiger partial charge in [0.2, 0.25) is 0 Å². The molecule has 0 amide bonds. The quantitative estimate of drug-likeness (QED) is 0.743. The Morgan fingerprint density at radius 1 is 1.58 bits per heavy atom.